The van der Waals surface area contributed by atoms with Crippen LogP contribution in [0.4, 0.5) is 13.2 Å². The zero-order valence-electron chi connectivity index (χ0n) is 8.78. The molecule has 3 rings (SSSR count). The molecule has 1 N–H and O–H groups in total. The first kappa shape index (κ1) is 11.8. The van der Waals surface area contributed by atoms with Gasteiger partial charge in [-0.2, -0.15) is 18.3 Å². The van der Waals surface area contributed by atoms with Crippen molar-refractivity contribution in [1.82, 2.24) is 14.8 Å². The van der Waals surface area contributed by atoms with E-state index in [9.17, 15) is 13.2 Å². The summed E-state index contributed by atoms with van der Waals surface area (Å²) in [5.41, 5.74) is -0.243. The van der Waals surface area contributed by atoms with Gasteiger partial charge in [0.2, 0.25) is 0 Å². The maximum Gasteiger partial charge on any atom is 0.416 e. The van der Waals surface area contributed by atoms with Crippen LogP contribution in [0.25, 0.3) is 5.69 Å². The number of H-pyrrole nitrogens is 1. The number of aromatic nitrogens is 3. The van der Waals surface area contributed by atoms with Gasteiger partial charge in [0.25, 0.3) is 0 Å². The molecule has 2 heterocycles. The molecule has 0 aliphatic carbocycles. The Bertz CT molecular complexity index is 672. The predicted octanol–water partition coefficient (Wildman–Crippen LogP) is 3.55. The minimum Gasteiger partial charge on any atom is -0.270 e. The van der Waals surface area contributed by atoms with Crippen molar-refractivity contribution in [2.24, 2.45) is 0 Å². The number of hydrogen-bond donors (Lipinski definition) is 1. The number of thioether (sulfide) groups is 1. The highest BCUT2D eigenvalue weighted by Gasteiger charge is 2.32. The normalized spacial score (nSPS) is 14.2. The number of halogens is 3. The molecule has 3 nitrogen and oxygen atoms in total. The summed E-state index contributed by atoms with van der Waals surface area (Å²) in [5.74, 6) is 1.22. The lowest BCUT2D eigenvalue weighted by Crippen LogP contribution is -2.11. The molecule has 0 bridgehead atoms. The quantitative estimate of drug-likeness (QED) is 0.753. The van der Waals surface area contributed by atoms with Crippen molar-refractivity contribution in [2.75, 3.05) is 0 Å². The fraction of sp³-hybridized carbons (Fsp3) is 0.200. The van der Waals surface area contributed by atoms with E-state index in [0.717, 1.165) is 17.0 Å². The Balaban J connectivity index is 2.25. The Hall–Kier alpha value is -1.28. The van der Waals surface area contributed by atoms with Crippen molar-refractivity contribution in [2.45, 2.75) is 16.8 Å². The maximum atomic E-state index is 12.7. The molecule has 0 atom stereocenters. The molecule has 0 amide bonds. The molecule has 94 valence electrons. The molecular weight excluding hydrogens is 283 g/mol. The smallest absolute Gasteiger partial charge is 0.270 e. The third-order valence-electron chi connectivity index (χ3n) is 2.63. The van der Waals surface area contributed by atoms with Gasteiger partial charge in [0.1, 0.15) is 5.82 Å². The number of nitrogens with zero attached hydrogens (tertiary/aromatic N) is 2. The van der Waals surface area contributed by atoms with Gasteiger partial charge in [-0.15, -0.1) is 11.8 Å². The lowest BCUT2D eigenvalue weighted by atomic mass is 10.2. The Morgan fingerprint density at radius 3 is 2.89 bits per heavy atom. The Labute approximate surface area is 109 Å². The first-order chi connectivity index (χ1) is 8.47. The molecule has 8 heteroatoms. The second kappa shape index (κ2) is 3.86. The molecule has 0 unspecified atom stereocenters. The second-order valence-electron chi connectivity index (χ2n) is 3.75. The SMILES string of the molecule is FC(F)(F)c1ccc2c(c1)-n1c(n[nH]c1=S)CS2. The van der Waals surface area contributed by atoms with E-state index in [1.807, 2.05) is 0 Å². The molecule has 2 aromatic rings. The summed E-state index contributed by atoms with van der Waals surface area (Å²) in [4.78, 5) is 0.771. The zero-order chi connectivity index (χ0) is 12.9. The highest BCUT2D eigenvalue weighted by molar-refractivity contribution is 7.98. The van der Waals surface area contributed by atoms with Gasteiger partial charge in [-0.3, -0.25) is 9.67 Å². The molecule has 1 aromatic heterocycles. The monoisotopic (exact) mass is 289 g/mol. The maximum absolute atomic E-state index is 12.7. The summed E-state index contributed by atoms with van der Waals surface area (Å²) >= 11 is 6.49. The summed E-state index contributed by atoms with van der Waals surface area (Å²) in [6, 6.07) is 3.66. The number of alkyl halides is 3. The van der Waals surface area contributed by atoms with Gasteiger partial charge < -0.3 is 0 Å². The molecule has 0 fully saturated rings. The van der Waals surface area contributed by atoms with E-state index in [4.69, 9.17) is 12.2 Å². The molecule has 0 radical (unpaired) electrons. The predicted molar refractivity (Wildman–Crippen MR) is 63.3 cm³/mol. The molecule has 18 heavy (non-hydrogen) atoms. The van der Waals surface area contributed by atoms with Gasteiger partial charge >= 0.3 is 6.18 Å². The average molecular weight is 289 g/mol. The Morgan fingerprint density at radius 2 is 2.17 bits per heavy atom. The van der Waals surface area contributed by atoms with Gasteiger partial charge in [-0.05, 0) is 30.4 Å². The van der Waals surface area contributed by atoms with E-state index in [0.29, 0.717) is 22.0 Å². The molecule has 1 aliphatic heterocycles. The van der Waals surface area contributed by atoms with Crippen LogP contribution in [0.15, 0.2) is 23.1 Å². The minimum atomic E-state index is -4.36. The van der Waals surface area contributed by atoms with Gasteiger partial charge in [0, 0.05) is 4.90 Å². The van der Waals surface area contributed by atoms with Crippen molar-refractivity contribution < 1.29 is 13.2 Å². The van der Waals surface area contributed by atoms with Crippen molar-refractivity contribution in [1.29, 1.82) is 0 Å². The summed E-state index contributed by atoms with van der Waals surface area (Å²) in [7, 11) is 0. The standard InChI is InChI=1S/C10H6F3N3S2/c11-10(12,13)5-1-2-7-6(3-5)16-8(4-18-7)14-15-9(16)17/h1-3H,4H2,(H,15,17). The van der Waals surface area contributed by atoms with Gasteiger partial charge in [-0.25, -0.2) is 0 Å². The number of fused-ring (bicyclic) bond motifs is 3. The third-order valence-corrected chi connectivity index (χ3v) is 3.96. The minimum absolute atomic E-state index is 0.311. The van der Waals surface area contributed by atoms with E-state index in [-0.39, 0.29) is 0 Å². The highest BCUT2D eigenvalue weighted by atomic mass is 32.2. The van der Waals surface area contributed by atoms with E-state index >= 15 is 0 Å². The van der Waals surface area contributed by atoms with Crippen LogP contribution in [0.1, 0.15) is 11.4 Å². The molecule has 1 aliphatic rings. The van der Waals surface area contributed by atoms with E-state index in [2.05, 4.69) is 10.2 Å². The van der Waals surface area contributed by atoms with E-state index in [1.54, 1.807) is 4.57 Å². The first-order valence-electron chi connectivity index (χ1n) is 4.97. The van der Waals surface area contributed by atoms with Crippen molar-refractivity contribution in [3.05, 3.63) is 34.4 Å². The van der Waals surface area contributed by atoms with Crippen LogP contribution in [0, 0.1) is 4.77 Å². The number of rotatable bonds is 0. The summed E-state index contributed by atoms with van der Waals surface area (Å²) in [6.45, 7) is 0. The second-order valence-corrected chi connectivity index (χ2v) is 5.15. The average Bonchev–Trinajstić information content (AvgIpc) is 2.69. The van der Waals surface area contributed by atoms with Crippen molar-refractivity contribution >= 4 is 24.0 Å². The summed E-state index contributed by atoms with van der Waals surface area (Å²) in [6.07, 6.45) is -4.36. The number of benzene rings is 1. The van der Waals surface area contributed by atoms with Crippen LogP contribution < -0.4 is 0 Å². The number of hydrogen-bond acceptors (Lipinski definition) is 3. The van der Waals surface area contributed by atoms with Crippen LogP contribution in [-0.2, 0) is 11.9 Å². The molecule has 0 spiro atoms. The lowest BCUT2D eigenvalue weighted by Gasteiger charge is -2.18. The Morgan fingerprint density at radius 1 is 1.39 bits per heavy atom. The van der Waals surface area contributed by atoms with Gasteiger partial charge in [-0.1, -0.05) is 0 Å². The summed E-state index contributed by atoms with van der Waals surface area (Å²) < 4.78 is 39.9. The van der Waals surface area contributed by atoms with Crippen molar-refractivity contribution in [3.8, 4) is 5.69 Å². The molecule has 0 saturated heterocycles. The molecule has 1 aromatic carbocycles. The number of aromatic amines is 1. The van der Waals surface area contributed by atoms with E-state index in [1.165, 1.54) is 17.8 Å². The lowest BCUT2D eigenvalue weighted by molar-refractivity contribution is -0.137. The van der Waals surface area contributed by atoms with Crippen LogP contribution >= 0.6 is 24.0 Å². The largest absolute Gasteiger partial charge is 0.416 e. The van der Waals surface area contributed by atoms with Crippen LogP contribution in [-0.4, -0.2) is 14.8 Å². The van der Waals surface area contributed by atoms with Crippen LogP contribution in [0.3, 0.4) is 0 Å². The summed E-state index contributed by atoms with van der Waals surface area (Å²) in [5, 5.41) is 6.59. The number of nitrogens with one attached hydrogen (secondary N) is 1. The third kappa shape index (κ3) is 1.76. The van der Waals surface area contributed by atoms with E-state index < -0.39 is 11.7 Å². The fourth-order valence-electron chi connectivity index (χ4n) is 1.81. The zero-order valence-corrected chi connectivity index (χ0v) is 10.4. The molecule has 0 saturated carbocycles. The van der Waals surface area contributed by atoms with Gasteiger partial charge in [0.05, 0.1) is 17.0 Å². The van der Waals surface area contributed by atoms with Crippen LogP contribution in [0.2, 0.25) is 0 Å². The van der Waals surface area contributed by atoms with Gasteiger partial charge in [0.15, 0.2) is 4.77 Å². The highest BCUT2D eigenvalue weighted by Crippen LogP contribution is 2.38. The first-order valence-corrected chi connectivity index (χ1v) is 6.37. The fourth-order valence-corrected chi connectivity index (χ4v) is 3.00. The van der Waals surface area contributed by atoms with Crippen molar-refractivity contribution in [3.63, 3.8) is 0 Å². The van der Waals surface area contributed by atoms with Crippen LogP contribution in [0.5, 0.6) is 0 Å². The molecular formula is C10H6F3N3S2. The topological polar surface area (TPSA) is 33.6 Å². The Kier molecular flexibility index (Phi) is 2.53.